The summed E-state index contributed by atoms with van der Waals surface area (Å²) in [5, 5.41) is 0. The van der Waals surface area contributed by atoms with Crippen molar-refractivity contribution < 1.29 is 23.1 Å². The summed E-state index contributed by atoms with van der Waals surface area (Å²) in [6.07, 6.45) is 2.32. The smallest absolute Gasteiger partial charge is 0.166 e. The number of carbonyl (C=O) groups is 2. The second-order valence-electron chi connectivity index (χ2n) is 7.88. The van der Waals surface area contributed by atoms with E-state index in [1.165, 1.54) is 48.7 Å². The Morgan fingerprint density at radius 2 is 1.53 bits per heavy atom. The molecule has 1 heterocycles. The minimum absolute atomic E-state index is 0.0592. The van der Waals surface area contributed by atoms with E-state index in [9.17, 15) is 18.4 Å². The molecule has 0 atom stereocenters. The van der Waals surface area contributed by atoms with Gasteiger partial charge in [-0.1, -0.05) is 18.2 Å². The third kappa shape index (κ3) is 4.30. The Morgan fingerprint density at radius 1 is 0.906 bits per heavy atom. The molecule has 0 bridgehead atoms. The van der Waals surface area contributed by atoms with Gasteiger partial charge in [0.1, 0.15) is 17.3 Å². The monoisotopic (exact) mass is 437 g/mol. The van der Waals surface area contributed by atoms with Gasteiger partial charge in [-0.2, -0.15) is 0 Å². The predicted molar refractivity (Wildman–Crippen MR) is 115 cm³/mol. The lowest BCUT2D eigenvalue weighted by Gasteiger charge is -2.14. The van der Waals surface area contributed by atoms with Crippen molar-refractivity contribution in [3.05, 3.63) is 77.5 Å². The fourth-order valence-electron chi connectivity index (χ4n) is 3.56. The maximum Gasteiger partial charge on any atom is 0.166 e. The van der Waals surface area contributed by atoms with Gasteiger partial charge < -0.3 is 16.2 Å². The Hall–Kier alpha value is -3.81. The van der Waals surface area contributed by atoms with Crippen LogP contribution in [0.1, 0.15) is 24.0 Å². The summed E-state index contributed by atoms with van der Waals surface area (Å²) >= 11 is 0. The standard InChI is InChI=1S/C24H21F2N3O3/c25-16-4-1-14(2-5-16)12-20(30)24(8-9-24)21(31)13-15-3-6-18(17(26)11-15)32-19-7-10-29-23(28)22(19)27/h1-7,10-11H,8-9,12-13,27H2,(H2,28,29). The van der Waals surface area contributed by atoms with Crippen LogP contribution in [0.25, 0.3) is 0 Å². The molecular weight excluding hydrogens is 416 g/mol. The Kier molecular flexibility index (Phi) is 5.61. The Bertz CT molecular complexity index is 1190. The molecule has 32 heavy (non-hydrogen) atoms. The zero-order valence-electron chi connectivity index (χ0n) is 17.1. The first-order valence-electron chi connectivity index (χ1n) is 10.1. The van der Waals surface area contributed by atoms with Crippen molar-refractivity contribution in [1.82, 2.24) is 4.98 Å². The zero-order valence-corrected chi connectivity index (χ0v) is 17.1. The van der Waals surface area contributed by atoms with E-state index in [1.54, 1.807) is 6.07 Å². The summed E-state index contributed by atoms with van der Waals surface area (Å²) in [5.41, 5.74) is 11.6. The van der Waals surface area contributed by atoms with Crippen molar-refractivity contribution in [3.8, 4) is 11.5 Å². The largest absolute Gasteiger partial charge is 0.452 e. The minimum atomic E-state index is -1.04. The molecule has 164 valence electrons. The lowest BCUT2D eigenvalue weighted by atomic mass is 9.88. The summed E-state index contributed by atoms with van der Waals surface area (Å²) in [6, 6.07) is 11.3. The Balaban J connectivity index is 1.44. The van der Waals surface area contributed by atoms with Gasteiger partial charge in [-0.15, -0.1) is 0 Å². The van der Waals surface area contributed by atoms with E-state index >= 15 is 0 Å². The van der Waals surface area contributed by atoms with Gasteiger partial charge in [0.2, 0.25) is 0 Å². The van der Waals surface area contributed by atoms with Gasteiger partial charge in [-0.3, -0.25) is 9.59 Å². The molecule has 4 N–H and O–H groups in total. The Labute approximate surface area is 183 Å². The zero-order chi connectivity index (χ0) is 22.9. The van der Waals surface area contributed by atoms with Crippen molar-refractivity contribution in [1.29, 1.82) is 0 Å². The quantitative estimate of drug-likeness (QED) is 0.516. The van der Waals surface area contributed by atoms with Crippen molar-refractivity contribution in [3.63, 3.8) is 0 Å². The van der Waals surface area contributed by atoms with Crippen LogP contribution < -0.4 is 16.2 Å². The van der Waals surface area contributed by atoms with Crippen LogP contribution in [0.4, 0.5) is 20.3 Å². The van der Waals surface area contributed by atoms with Crippen LogP contribution >= 0.6 is 0 Å². The summed E-state index contributed by atoms with van der Waals surface area (Å²) in [5.74, 6) is -1.33. The van der Waals surface area contributed by atoms with Crippen molar-refractivity contribution in [2.24, 2.45) is 5.41 Å². The maximum absolute atomic E-state index is 14.6. The summed E-state index contributed by atoms with van der Waals surface area (Å²) in [4.78, 5) is 29.5. The molecule has 0 radical (unpaired) electrons. The summed E-state index contributed by atoms with van der Waals surface area (Å²) in [6.45, 7) is 0. The molecule has 0 aliphatic heterocycles. The topological polar surface area (TPSA) is 108 Å². The van der Waals surface area contributed by atoms with Gasteiger partial charge in [0, 0.05) is 25.1 Å². The number of ether oxygens (including phenoxy) is 1. The van der Waals surface area contributed by atoms with Gasteiger partial charge in [0.05, 0.1) is 5.41 Å². The summed E-state index contributed by atoms with van der Waals surface area (Å²) < 4.78 is 33.1. The van der Waals surface area contributed by atoms with E-state index in [2.05, 4.69) is 4.98 Å². The molecule has 3 aromatic rings. The number of nitrogen functional groups attached to an aromatic ring is 2. The van der Waals surface area contributed by atoms with Crippen LogP contribution in [0.2, 0.25) is 0 Å². The van der Waals surface area contributed by atoms with E-state index in [1.807, 2.05) is 0 Å². The number of ketones is 2. The van der Waals surface area contributed by atoms with Crippen LogP contribution in [0.15, 0.2) is 54.7 Å². The van der Waals surface area contributed by atoms with Gasteiger partial charge >= 0.3 is 0 Å². The molecule has 0 saturated heterocycles. The third-order valence-electron chi connectivity index (χ3n) is 5.66. The third-order valence-corrected chi connectivity index (χ3v) is 5.66. The SMILES string of the molecule is Nc1nccc(Oc2ccc(CC(=O)C3(C(=O)Cc4ccc(F)cc4)CC3)cc2F)c1N. The number of hydrogen-bond donors (Lipinski definition) is 2. The van der Waals surface area contributed by atoms with Crippen molar-refractivity contribution in [2.45, 2.75) is 25.7 Å². The number of carbonyl (C=O) groups excluding carboxylic acids is 2. The fourth-order valence-corrected chi connectivity index (χ4v) is 3.56. The van der Waals surface area contributed by atoms with Crippen LogP contribution in [0, 0.1) is 17.0 Å². The average molecular weight is 437 g/mol. The number of aromatic nitrogens is 1. The average Bonchev–Trinajstić information content (AvgIpc) is 3.57. The van der Waals surface area contributed by atoms with Crippen LogP contribution in [0.5, 0.6) is 11.5 Å². The molecule has 1 aromatic heterocycles. The molecule has 4 rings (SSSR count). The first-order valence-corrected chi connectivity index (χ1v) is 10.1. The van der Waals surface area contributed by atoms with Crippen molar-refractivity contribution in [2.75, 3.05) is 11.5 Å². The number of nitrogens with two attached hydrogens (primary N) is 2. The predicted octanol–water partition coefficient (Wildman–Crippen LogP) is 4.02. The molecule has 1 aliphatic rings. The number of halogens is 2. The van der Waals surface area contributed by atoms with Gasteiger partial charge in [0.25, 0.3) is 0 Å². The van der Waals surface area contributed by atoms with E-state index in [0.29, 0.717) is 24.0 Å². The highest BCUT2D eigenvalue weighted by atomic mass is 19.1. The van der Waals surface area contributed by atoms with Gasteiger partial charge in [-0.05, 0) is 48.2 Å². The normalized spacial score (nSPS) is 14.1. The van der Waals surface area contributed by atoms with Crippen LogP contribution in [-0.4, -0.2) is 16.6 Å². The number of benzene rings is 2. The van der Waals surface area contributed by atoms with E-state index in [-0.39, 0.29) is 53.2 Å². The second kappa shape index (κ2) is 8.37. The number of Topliss-reactive ketones (excluding diaryl/α,β-unsaturated/α-hetero) is 2. The highest BCUT2D eigenvalue weighted by Gasteiger charge is 2.54. The lowest BCUT2D eigenvalue weighted by molar-refractivity contribution is -0.133. The molecular formula is C24H21F2N3O3. The number of anilines is 2. The molecule has 1 aliphatic carbocycles. The number of pyridine rings is 1. The molecule has 1 saturated carbocycles. The molecule has 0 unspecified atom stereocenters. The first kappa shape index (κ1) is 21.4. The van der Waals surface area contributed by atoms with Crippen LogP contribution in [0.3, 0.4) is 0 Å². The number of hydrogen-bond acceptors (Lipinski definition) is 6. The molecule has 0 amide bonds. The lowest BCUT2D eigenvalue weighted by Crippen LogP contribution is -2.28. The van der Waals surface area contributed by atoms with Crippen LogP contribution in [-0.2, 0) is 22.4 Å². The highest BCUT2D eigenvalue weighted by Crippen LogP contribution is 2.49. The minimum Gasteiger partial charge on any atom is -0.452 e. The second-order valence-corrected chi connectivity index (χ2v) is 7.88. The number of nitrogens with zero attached hydrogens (tertiary/aromatic N) is 1. The highest BCUT2D eigenvalue weighted by molar-refractivity contribution is 6.10. The molecule has 1 fully saturated rings. The molecule has 8 heteroatoms. The van der Waals surface area contributed by atoms with E-state index in [0.717, 1.165) is 0 Å². The van der Waals surface area contributed by atoms with E-state index in [4.69, 9.17) is 16.2 Å². The Morgan fingerprint density at radius 3 is 2.16 bits per heavy atom. The van der Waals surface area contributed by atoms with Gasteiger partial charge in [0.15, 0.2) is 28.9 Å². The molecule has 0 spiro atoms. The molecule has 6 nitrogen and oxygen atoms in total. The first-order chi connectivity index (χ1) is 15.3. The molecule has 2 aromatic carbocycles. The fraction of sp³-hybridized carbons (Fsp3) is 0.208. The van der Waals surface area contributed by atoms with Crippen molar-refractivity contribution >= 4 is 23.1 Å². The van der Waals surface area contributed by atoms with E-state index < -0.39 is 11.2 Å². The van der Waals surface area contributed by atoms with Gasteiger partial charge in [-0.25, -0.2) is 13.8 Å². The summed E-state index contributed by atoms with van der Waals surface area (Å²) in [7, 11) is 0. The maximum atomic E-state index is 14.6. The number of rotatable bonds is 8.